The molecule has 0 radical (unpaired) electrons. The Morgan fingerprint density at radius 2 is 1.73 bits per heavy atom. The molecule has 0 aliphatic carbocycles. The molecule has 0 bridgehead atoms. The maximum absolute atomic E-state index is 5.99. The summed E-state index contributed by atoms with van der Waals surface area (Å²) in [6, 6.07) is 17.4. The largest absolute Gasteiger partial charge is 0.487 e. The number of nitrogens with zero attached hydrogens (tertiary/aromatic N) is 1. The highest BCUT2D eigenvalue weighted by atomic mass is 16.5. The topological polar surface area (TPSA) is 14.2 Å². The SMILES string of the molecule is Cc1ccc(OCc2cc3c(C)cccc3n2C(C)C)cc1. The summed E-state index contributed by atoms with van der Waals surface area (Å²) in [5.74, 6) is 0.919. The fourth-order valence-corrected chi connectivity index (χ4v) is 2.97. The van der Waals surface area contributed by atoms with Crippen molar-refractivity contribution in [3.63, 3.8) is 0 Å². The molecule has 2 aromatic carbocycles. The second-order valence-electron chi connectivity index (χ2n) is 6.21. The zero-order valence-corrected chi connectivity index (χ0v) is 13.8. The first-order chi connectivity index (χ1) is 10.6. The highest BCUT2D eigenvalue weighted by molar-refractivity contribution is 5.84. The van der Waals surface area contributed by atoms with Crippen molar-refractivity contribution in [3.05, 3.63) is 65.4 Å². The van der Waals surface area contributed by atoms with E-state index in [1.54, 1.807) is 0 Å². The van der Waals surface area contributed by atoms with Crippen molar-refractivity contribution in [2.45, 2.75) is 40.3 Å². The number of ether oxygens (including phenoxy) is 1. The summed E-state index contributed by atoms with van der Waals surface area (Å²) in [7, 11) is 0. The third kappa shape index (κ3) is 2.74. The predicted octanol–water partition coefficient (Wildman–Crippen LogP) is 5.42. The summed E-state index contributed by atoms with van der Waals surface area (Å²) in [6.07, 6.45) is 0. The Bertz CT molecular complexity index is 781. The Labute approximate surface area is 132 Å². The molecule has 0 atom stereocenters. The number of hydrogen-bond donors (Lipinski definition) is 0. The van der Waals surface area contributed by atoms with Crippen molar-refractivity contribution in [1.82, 2.24) is 4.57 Å². The molecule has 0 N–H and O–H groups in total. The third-order valence-electron chi connectivity index (χ3n) is 4.11. The van der Waals surface area contributed by atoms with Crippen LogP contribution < -0.4 is 4.74 Å². The first kappa shape index (κ1) is 14.7. The lowest BCUT2D eigenvalue weighted by atomic mass is 10.1. The van der Waals surface area contributed by atoms with Crippen molar-refractivity contribution in [3.8, 4) is 5.75 Å². The molecule has 0 unspecified atom stereocenters. The van der Waals surface area contributed by atoms with Crippen LogP contribution in [0.5, 0.6) is 5.75 Å². The maximum Gasteiger partial charge on any atom is 0.128 e. The van der Waals surface area contributed by atoms with Gasteiger partial charge in [0.25, 0.3) is 0 Å². The molecular formula is C20H23NO. The number of rotatable bonds is 4. The normalized spacial score (nSPS) is 11.3. The first-order valence-electron chi connectivity index (χ1n) is 7.85. The predicted molar refractivity (Wildman–Crippen MR) is 92.6 cm³/mol. The molecule has 0 saturated heterocycles. The number of benzene rings is 2. The van der Waals surface area contributed by atoms with Crippen LogP contribution in [0, 0.1) is 13.8 Å². The minimum Gasteiger partial charge on any atom is -0.487 e. The van der Waals surface area contributed by atoms with E-state index < -0.39 is 0 Å². The summed E-state index contributed by atoms with van der Waals surface area (Å²) in [4.78, 5) is 0. The summed E-state index contributed by atoms with van der Waals surface area (Å²) in [5.41, 5.74) is 5.07. The van der Waals surface area contributed by atoms with Gasteiger partial charge in [0.2, 0.25) is 0 Å². The average Bonchev–Trinajstić information content (AvgIpc) is 2.87. The smallest absolute Gasteiger partial charge is 0.128 e. The summed E-state index contributed by atoms with van der Waals surface area (Å²) in [6.45, 7) is 9.28. The van der Waals surface area contributed by atoms with Gasteiger partial charge in [-0.1, -0.05) is 29.8 Å². The molecule has 0 aliphatic heterocycles. The Morgan fingerprint density at radius 3 is 2.41 bits per heavy atom. The van der Waals surface area contributed by atoms with E-state index in [0.29, 0.717) is 12.6 Å². The van der Waals surface area contributed by atoms with Gasteiger partial charge in [-0.15, -0.1) is 0 Å². The van der Waals surface area contributed by atoms with E-state index in [1.807, 2.05) is 12.1 Å². The summed E-state index contributed by atoms with van der Waals surface area (Å²) < 4.78 is 8.36. The molecule has 2 heteroatoms. The van der Waals surface area contributed by atoms with E-state index in [2.05, 4.69) is 68.7 Å². The highest BCUT2D eigenvalue weighted by Crippen LogP contribution is 2.27. The van der Waals surface area contributed by atoms with Crippen molar-refractivity contribution in [1.29, 1.82) is 0 Å². The Morgan fingerprint density at radius 1 is 1.00 bits per heavy atom. The summed E-state index contributed by atoms with van der Waals surface area (Å²) in [5, 5.41) is 1.32. The number of hydrogen-bond acceptors (Lipinski definition) is 1. The van der Waals surface area contributed by atoms with E-state index in [4.69, 9.17) is 4.74 Å². The van der Waals surface area contributed by atoms with Gasteiger partial charge in [0.1, 0.15) is 12.4 Å². The molecule has 0 fully saturated rings. The van der Waals surface area contributed by atoms with Gasteiger partial charge >= 0.3 is 0 Å². The van der Waals surface area contributed by atoms with Gasteiger partial charge in [0.05, 0.1) is 5.69 Å². The second-order valence-corrected chi connectivity index (χ2v) is 6.21. The van der Waals surface area contributed by atoms with Crippen LogP contribution >= 0.6 is 0 Å². The van der Waals surface area contributed by atoms with E-state index in [9.17, 15) is 0 Å². The van der Waals surface area contributed by atoms with Crippen LogP contribution in [0.2, 0.25) is 0 Å². The number of fused-ring (bicyclic) bond motifs is 1. The van der Waals surface area contributed by atoms with Gasteiger partial charge in [0.15, 0.2) is 0 Å². The summed E-state index contributed by atoms with van der Waals surface area (Å²) >= 11 is 0. The van der Waals surface area contributed by atoms with Crippen molar-refractivity contribution >= 4 is 10.9 Å². The number of aromatic nitrogens is 1. The molecule has 0 saturated carbocycles. The molecule has 0 amide bonds. The zero-order valence-electron chi connectivity index (χ0n) is 13.8. The number of aryl methyl sites for hydroxylation is 2. The van der Waals surface area contributed by atoms with E-state index in [1.165, 1.54) is 27.7 Å². The fourth-order valence-electron chi connectivity index (χ4n) is 2.97. The minimum absolute atomic E-state index is 0.413. The second kappa shape index (κ2) is 5.88. The molecule has 114 valence electrons. The Balaban J connectivity index is 1.94. The quantitative estimate of drug-likeness (QED) is 0.626. The monoisotopic (exact) mass is 293 g/mol. The van der Waals surface area contributed by atoms with E-state index >= 15 is 0 Å². The van der Waals surface area contributed by atoms with Gasteiger partial charge in [-0.05, 0) is 57.5 Å². The highest BCUT2D eigenvalue weighted by Gasteiger charge is 2.13. The lowest BCUT2D eigenvalue weighted by Gasteiger charge is -2.15. The van der Waals surface area contributed by atoms with Crippen LogP contribution in [-0.4, -0.2) is 4.57 Å². The fraction of sp³-hybridized carbons (Fsp3) is 0.300. The van der Waals surface area contributed by atoms with Crippen LogP contribution in [0.1, 0.15) is 36.7 Å². The third-order valence-corrected chi connectivity index (χ3v) is 4.11. The van der Waals surface area contributed by atoms with Crippen molar-refractivity contribution in [2.24, 2.45) is 0 Å². The van der Waals surface area contributed by atoms with E-state index in [0.717, 1.165) is 5.75 Å². The van der Waals surface area contributed by atoms with Crippen molar-refractivity contribution < 1.29 is 4.74 Å². The molecule has 1 aromatic heterocycles. The van der Waals surface area contributed by atoms with Gasteiger partial charge in [0, 0.05) is 16.9 Å². The van der Waals surface area contributed by atoms with Crippen LogP contribution in [0.3, 0.4) is 0 Å². The van der Waals surface area contributed by atoms with Gasteiger partial charge in [-0.25, -0.2) is 0 Å². The zero-order chi connectivity index (χ0) is 15.7. The Kier molecular flexibility index (Phi) is 3.93. The average molecular weight is 293 g/mol. The first-order valence-corrected chi connectivity index (χ1v) is 7.85. The van der Waals surface area contributed by atoms with Gasteiger partial charge < -0.3 is 9.30 Å². The van der Waals surface area contributed by atoms with Gasteiger partial charge in [-0.3, -0.25) is 0 Å². The molecule has 1 heterocycles. The Hall–Kier alpha value is -2.22. The molecular weight excluding hydrogens is 270 g/mol. The lowest BCUT2D eigenvalue weighted by molar-refractivity contribution is 0.293. The van der Waals surface area contributed by atoms with Crippen LogP contribution in [-0.2, 0) is 6.61 Å². The molecule has 0 spiro atoms. The minimum atomic E-state index is 0.413. The molecule has 22 heavy (non-hydrogen) atoms. The standard InChI is InChI=1S/C20H23NO/c1-14(2)21-17(12-19-16(4)6-5-7-20(19)21)13-22-18-10-8-15(3)9-11-18/h5-12,14H,13H2,1-4H3. The maximum atomic E-state index is 5.99. The molecule has 3 rings (SSSR count). The molecule has 0 aliphatic rings. The van der Waals surface area contributed by atoms with Crippen LogP contribution in [0.15, 0.2) is 48.5 Å². The van der Waals surface area contributed by atoms with Crippen molar-refractivity contribution in [2.75, 3.05) is 0 Å². The lowest BCUT2D eigenvalue weighted by Crippen LogP contribution is -2.08. The molecule has 2 nitrogen and oxygen atoms in total. The van der Waals surface area contributed by atoms with Gasteiger partial charge in [-0.2, -0.15) is 0 Å². The molecule has 3 aromatic rings. The van der Waals surface area contributed by atoms with Crippen LogP contribution in [0.4, 0.5) is 0 Å². The van der Waals surface area contributed by atoms with Crippen LogP contribution in [0.25, 0.3) is 10.9 Å². The van der Waals surface area contributed by atoms with E-state index in [-0.39, 0.29) is 0 Å².